The fraction of sp³-hybridized carbons (Fsp3) is 0.455. The molecular weight excluding hydrogens is 269 g/mol. The van der Waals surface area contributed by atoms with Gasteiger partial charge in [-0.25, -0.2) is 4.98 Å². The van der Waals surface area contributed by atoms with E-state index in [0.717, 1.165) is 12.3 Å². The second kappa shape index (κ2) is 4.76. The van der Waals surface area contributed by atoms with Gasteiger partial charge in [0.2, 0.25) is 5.91 Å². The van der Waals surface area contributed by atoms with E-state index >= 15 is 0 Å². The van der Waals surface area contributed by atoms with Crippen molar-refractivity contribution in [3.8, 4) is 0 Å². The maximum absolute atomic E-state index is 12.4. The van der Waals surface area contributed by atoms with Crippen molar-refractivity contribution in [2.24, 2.45) is 5.92 Å². The molecule has 1 atom stereocenters. The van der Waals surface area contributed by atoms with Gasteiger partial charge >= 0.3 is 6.18 Å². The highest BCUT2D eigenvalue weighted by atomic mass is 35.5. The number of hydrogen-bond donors (Lipinski definition) is 0. The Bertz CT molecular complexity index is 447. The first-order valence-electron chi connectivity index (χ1n) is 5.31. The van der Waals surface area contributed by atoms with Gasteiger partial charge in [0.15, 0.2) is 0 Å². The second-order valence-electron chi connectivity index (χ2n) is 4.13. The van der Waals surface area contributed by atoms with E-state index in [1.54, 1.807) is 0 Å². The molecule has 98 valence electrons. The lowest BCUT2D eigenvalue weighted by Crippen LogP contribution is -2.25. The number of carbonyl (C=O) groups is 1. The zero-order valence-corrected chi connectivity index (χ0v) is 10.0. The zero-order valence-electron chi connectivity index (χ0n) is 9.25. The molecule has 1 aliphatic heterocycles. The molecular formula is C11H10ClF3N2O. The van der Waals surface area contributed by atoms with Crippen LogP contribution in [0.5, 0.6) is 0 Å². The van der Waals surface area contributed by atoms with E-state index in [-0.39, 0.29) is 17.6 Å². The maximum Gasteiger partial charge on any atom is 0.417 e. The van der Waals surface area contributed by atoms with Gasteiger partial charge in [-0.1, -0.05) is 0 Å². The lowest BCUT2D eigenvalue weighted by molar-refractivity contribution is -0.137. The smallest absolute Gasteiger partial charge is 0.296 e. The van der Waals surface area contributed by atoms with Gasteiger partial charge in [-0.3, -0.25) is 9.69 Å². The number of amides is 1. The van der Waals surface area contributed by atoms with Gasteiger partial charge in [0.05, 0.1) is 5.56 Å². The van der Waals surface area contributed by atoms with Crippen LogP contribution in [0, 0.1) is 5.92 Å². The summed E-state index contributed by atoms with van der Waals surface area (Å²) in [7, 11) is 0. The Labute approximate surface area is 107 Å². The number of nitrogens with zero attached hydrogens (tertiary/aromatic N) is 2. The van der Waals surface area contributed by atoms with E-state index in [1.807, 2.05) is 0 Å². The van der Waals surface area contributed by atoms with Crippen LogP contribution >= 0.6 is 11.6 Å². The van der Waals surface area contributed by atoms with Crippen LogP contribution in [0.2, 0.25) is 0 Å². The van der Waals surface area contributed by atoms with E-state index in [0.29, 0.717) is 18.8 Å². The summed E-state index contributed by atoms with van der Waals surface area (Å²) in [6.45, 7) is 0.403. The molecule has 1 aromatic rings. The lowest BCUT2D eigenvalue weighted by Gasteiger charge is -2.15. The number of anilines is 1. The molecule has 18 heavy (non-hydrogen) atoms. The summed E-state index contributed by atoms with van der Waals surface area (Å²) in [6, 6.07) is 2.13. The van der Waals surface area contributed by atoms with Gasteiger partial charge in [0, 0.05) is 25.0 Å². The first-order valence-corrected chi connectivity index (χ1v) is 5.85. The zero-order chi connectivity index (χ0) is 13.3. The minimum absolute atomic E-state index is 0.0308. The number of carbonyl (C=O) groups excluding carboxylic acids is 1. The third-order valence-electron chi connectivity index (χ3n) is 2.78. The van der Waals surface area contributed by atoms with Gasteiger partial charge < -0.3 is 0 Å². The number of pyridine rings is 1. The van der Waals surface area contributed by atoms with Crippen LogP contribution in [0.15, 0.2) is 18.3 Å². The van der Waals surface area contributed by atoms with Crippen molar-refractivity contribution in [3.05, 3.63) is 23.9 Å². The molecule has 1 unspecified atom stereocenters. The van der Waals surface area contributed by atoms with Gasteiger partial charge in [0.1, 0.15) is 5.82 Å². The third kappa shape index (κ3) is 2.58. The highest BCUT2D eigenvalue weighted by Crippen LogP contribution is 2.30. The first kappa shape index (κ1) is 13.1. The average molecular weight is 279 g/mol. The van der Waals surface area contributed by atoms with E-state index < -0.39 is 11.7 Å². The molecule has 0 spiro atoms. The molecule has 1 aromatic heterocycles. The standard InChI is InChI=1S/C11H10ClF3N2O/c12-4-7-3-10(18)17(6-7)9-2-1-8(5-16-9)11(13,14)15/h1-2,5,7H,3-4,6H2. The Morgan fingerprint density at radius 3 is 2.61 bits per heavy atom. The second-order valence-corrected chi connectivity index (χ2v) is 4.44. The molecule has 0 aromatic carbocycles. The summed E-state index contributed by atoms with van der Waals surface area (Å²) in [4.78, 5) is 16.7. The van der Waals surface area contributed by atoms with Crippen molar-refractivity contribution in [3.63, 3.8) is 0 Å². The Morgan fingerprint density at radius 2 is 2.17 bits per heavy atom. The lowest BCUT2D eigenvalue weighted by atomic mass is 10.1. The highest BCUT2D eigenvalue weighted by molar-refractivity contribution is 6.18. The van der Waals surface area contributed by atoms with E-state index in [9.17, 15) is 18.0 Å². The number of rotatable bonds is 2. The minimum Gasteiger partial charge on any atom is -0.296 e. The van der Waals surface area contributed by atoms with Crippen LogP contribution in [0.3, 0.4) is 0 Å². The molecule has 0 bridgehead atoms. The summed E-state index contributed by atoms with van der Waals surface area (Å²) < 4.78 is 37.1. The van der Waals surface area contributed by atoms with Gasteiger partial charge in [-0.05, 0) is 18.1 Å². The Morgan fingerprint density at radius 1 is 1.44 bits per heavy atom. The Kier molecular flexibility index (Phi) is 3.47. The molecule has 0 N–H and O–H groups in total. The van der Waals surface area contributed by atoms with E-state index in [2.05, 4.69) is 4.98 Å². The fourth-order valence-electron chi connectivity index (χ4n) is 1.82. The highest BCUT2D eigenvalue weighted by Gasteiger charge is 2.33. The van der Waals surface area contributed by atoms with Crippen LogP contribution < -0.4 is 4.90 Å². The Balaban J connectivity index is 2.18. The first-order chi connectivity index (χ1) is 8.41. The number of alkyl halides is 4. The number of aromatic nitrogens is 1. The summed E-state index contributed by atoms with van der Waals surface area (Å²) in [5, 5.41) is 0. The molecule has 0 aliphatic carbocycles. The van der Waals surface area contributed by atoms with Gasteiger partial charge in [0.25, 0.3) is 0 Å². The summed E-state index contributed by atoms with van der Waals surface area (Å²) in [5.74, 6) is 0.458. The largest absolute Gasteiger partial charge is 0.417 e. The monoisotopic (exact) mass is 278 g/mol. The molecule has 1 amide bonds. The van der Waals surface area contributed by atoms with Crippen LogP contribution in [0.4, 0.5) is 19.0 Å². The number of halogens is 4. The summed E-state index contributed by atoms with van der Waals surface area (Å²) >= 11 is 5.66. The van der Waals surface area contributed by atoms with E-state index in [1.165, 1.54) is 11.0 Å². The summed E-state index contributed by atoms with van der Waals surface area (Å²) in [5.41, 5.74) is -0.827. The molecule has 3 nitrogen and oxygen atoms in total. The van der Waals surface area contributed by atoms with Crippen LogP contribution in [0.1, 0.15) is 12.0 Å². The van der Waals surface area contributed by atoms with Gasteiger partial charge in [-0.2, -0.15) is 13.2 Å². The van der Waals surface area contributed by atoms with Crippen molar-refractivity contribution < 1.29 is 18.0 Å². The topological polar surface area (TPSA) is 33.2 Å². The molecule has 0 radical (unpaired) electrons. The minimum atomic E-state index is -4.42. The maximum atomic E-state index is 12.4. The van der Waals surface area contributed by atoms with E-state index in [4.69, 9.17) is 11.6 Å². The van der Waals surface area contributed by atoms with Crippen molar-refractivity contribution in [1.82, 2.24) is 4.98 Å². The molecule has 1 fully saturated rings. The number of hydrogen-bond acceptors (Lipinski definition) is 2. The fourth-order valence-corrected chi connectivity index (χ4v) is 2.03. The normalized spacial score (nSPS) is 20.6. The van der Waals surface area contributed by atoms with Crippen LogP contribution in [-0.2, 0) is 11.0 Å². The SMILES string of the molecule is O=C1CC(CCl)CN1c1ccc(C(F)(F)F)cn1. The predicted molar refractivity (Wildman–Crippen MR) is 60.4 cm³/mol. The molecule has 1 aliphatic rings. The molecule has 0 saturated carbocycles. The summed E-state index contributed by atoms with van der Waals surface area (Å²) in [6.07, 6.45) is -3.37. The van der Waals surface area contributed by atoms with Crippen molar-refractivity contribution in [2.75, 3.05) is 17.3 Å². The predicted octanol–water partition coefficient (Wildman–Crippen LogP) is 2.69. The quantitative estimate of drug-likeness (QED) is 0.779. The van der Waals surface area contributed by atoms with Crippen molar-refractivity contribution in [2.45, 2.75) is 12.6 Å². The van der Waals surface area contributed by atoms with Crippen LogP contribution in [0.25, 0.3) is 0 Å². The molecule has 2 rings (SSSR count). The Hall–Kier alpha value is -1.30. The molecule has 2 heterocycles. The van der Waals surface area contributed by atoms with Crippen LogP contribution in [-0.4, -0.2) is 23.3 Å². The third-order valence-corrected chi connectivity index (χ3v) is 3.21. The van der Waals surface area contributed by atoms with Crippen molar-refractivity contribution in [1.29, 1.82) is 0 Å². The molecule has 1 saturated heterocycles. The van der Waals surface area contributed by atoms with Gasteiger partial charge in [-0.15, -0.1) is 11.6 Å². The average Bonchev–Trinajstić information content (AvgIpc) is 2.70. The molecule has 7 heteroatoms. The van der Waals surface area contributed by atoms with Crippen molar-refractivity contribution >= 4 is 23.3 Å².